The predicted molar refractivity (Wildman–Crippen MR) is 96.6 cm³/mol. The average Bonchev–Trinajstić information content (AvgIpc) is 3.01. The zero-order valence-corrected chi connectivity index (χ0v) is 14.1. The predicted octanol–water partition coefficient (Wildman–Crippen LogP) is 2.34. The molecule has 3 heterocycles. The number of hydrogen-bond donors (Lipinski definition) is 1. The first-order chi connectivity index (χ1) is 11.8. The average molecular weight is 342 g/mol. The summed E-state index contributed by atoms with van der Waals surface area (Å²) in [6.45, 7) is 2.86. The van der Waals surface area contributed by atoms with Crippen molar-refractivity contribution in [1.82, 2.24) is 14.9 Å². The van der Waals surface area contributed by atoms with Crippen LogP contribution < -0.4 is 4.90 Å². The largest absolute Gasteiger partial charge is 0.450 e. The Balaban J connectivity index is 1.62. The first-order valence-corrected chi connectivity index (χ1v) is 8.67. The van der Waals surface area contributed by atoms with Crippen molar-refractivity contribution in [3.05, 3.63) is 30.6 Å². The molecule has 0 radical (unpaired) electrons. The summed E-state index contributed by atoms with van der Waals surface area (Å²) >= 11 is 4.13. The van der Waals surface area contributed by atoms with Gasteiger partial charge in [-0.15, -0.1) is 0 Å². The van der Waals surface area contributed by atoms with Gasteiger partial charge in [-0.2, -0.15) is 12.6 Å². The molecule has 1 amide bonds. The molecule has 0 atom stereocenters. The molecule has 1 aromatic carbocycles. The number of aromatic nitrogens is 2. The van der Waals surface area contributed by atoms with Gasteiger partial charge in [0.05, 0.1) is 0 Å². The van der Waals surface area contributed by atoms with Gasteiger partial charge in [0.15, 0.2) is 11.4 Å². The summed E-state index contributed by atoms with van der Waals surface area (Å²) in [5.41, 5.74) is 2.37. The number of carbonyl (C=O) groups is 1. The van der Waals surface area contributed by atoms with Gasteiger partial charge in [0.25, 0.3) is 0 Å². The second-order valence-corrected chi connectivity index (χ2v) is 6.26. The number of amides is 1. The molecule has 124 valence electrons. The van der Waals surface area contributed by atoms with Gasteiger partial charge in [-0.1, -0.05) is 12.1 Å². The van der Waals surface area contributed by atoms with Crippen molar-refractivity contribution in [3.8, 4) is 0 Å². The summed E-state index contributed by atoms with van der Waals surface area (Å²) in [4.78, 5) is 24.9. The highest BCUT2D eigenvalue weighted by Crippen LogP contribution is 2.32. The number of fused-ring (bicyclic) bond motifs is 3. The first kappa shape index (κ1) is 15.3. The van der Waals surface area contributed by atoms with Crippen LogP contribution in [0.3, 0.4) is 0 Å². The van der Waals surface area contributed by atoms with Gasteiger partial charge in [-0.05, 0) is 17.9 Å². The standard InChI is InChI=1S/C17H18N4O2S/c22-14(5-10-24)20-6-8-21(9-7-20)17-16-15(18-11-19-17)12-3-1-2-4-13(12)23-16/h1-4,11,24H,5-10H2. The van der Waals surface area contributed by atoms with E-state index in [9.17, 15) is 4.79 Å². The highest BCUT2D eigenvalue weighted by atomic mass is 32.1. The molecule has 0 N–H and O–H groups in total. The molecule has 1 saturated heterocycles. The van der Waals surface area contributed by atoms with Crippen LogP contribution in [0, 0.1) is 0 Å². The first-order valence-electron chi connectivity index (χ1n) is 8.04. The van der Waals surface area contributed by atoms with E-state index in [0.29, 0.717) is 30.8 Å². The van der Waals surface area contributed by atoms with E-state index in [1.54, 1.807) is 6.33 Å². The SMILES string of the molecule is O=C(CCS)N1CCN(c2ncnc3c2oc2ccccc23)CC1. The maximum absolute atomic E-state index is 12.0. The van der Waals surface area contributed by atoms with Crippen LogP contribution in [0.4, 0.5) is 5.82 Å². The maximum Gasteiger partial charge on any atom is 0.223 e. The van der Waals surface area contributed by atoms with E-state index in [1.165, 1.54) is 0 Å². The second kappa shape index (κ2) is 6.32. The van der Waals surface area contributed by atoms with Crippen LogP contribution in [0.5, 0.6) is 0 Å². The number of para-hydroxylation sites is 1. The maximum atomic E-state index is 12.0. The molecular weight excluding hydrogens is 324 g/mol. The minimum Gasteiger partial charge on any atom is -0.450 e. The van der Waals surface area contributed by atoms with Crippen molar-refractivity contribution >= 4 is 46.4 Å². The van der Waals surface area contributed by atoms with Gasteiger partial charge >= 0.3 is 0 Å². The van der Waals surface area contributed by atoms with Crippen LogP contribution in [-0.4, -0.2) is 52.7 Å². The molecule has 3 aromatic rings. The van der Waals surface area contributed by atoms with E-state index in [4.69, 9.17) is 4.42 Å². The molecule has 1 aliphatic rings. The molecule has 1 aliphatic heterocycles. The van der Waals surface area contributed by atoms with Crippen LogP contribution in [0.15, 0.2) is 35.0 Å². The molecule has 0 bridgehead atoms. The van der Waals surface area contributed by atoms with Crippen molar-refractivity contribution in [1.29, 1.82) is 0 Å². The minimum atomic E-state index is 0.168. The number of piperazine rings is 1. The molecule has 1 fully saturated rings. The van der Waals surface area contributed by atoms with Crippen molar-refractivity contribution in [2.75, 3.05) is 36.8 Å². The molecule has 0 aliphatic carbocycles. The van der Waals surface area contributed by atoms with E-state index in [1.807, 2.05) is 29.2 Å². The summed E-state index contributed by atoms with van der Waals surface area (Å²) in [7, 11) is 0. The fraction of sp³-hybridized carbons (Fsp3) is 0.353. The summed E-state index contributed by atoms with van der Waals surface area (Å²) in [5, 5.41) is 0.999. The fourth-order valence-electron chi connectivity index (χ4n) is 3.16. The van der Waals surface area contributed by atoms with Gasteiger partial charge < -0.3 is 14.2 Å². The number of benzene rings is 1. The van der Waals surface area contributed by atoms with Crippen molar-refractivity contribution < 1.29 is 9.21 Å². The zero-order chi connectivity index (χ0) is 16.5. The molecule has 7 heteroatoms. The third kappa shape index (κ3) is 2.58. The summed E-state index contributed by atoms with van der Waals surface area (Å²) in [6.07, 6.45) is 2.07. The van der Waals surface area contributed by atoms with E-state index >= 15 is 0 Å². The van der Waals surface area contributed by atoms with E-state index in [-0.39, 0.29) is 5.91 Å². The van der Waals surface area contributed by atoms with Crippen LogP contribution in [-0.2, 0) is 4.79 Å². The van der Waals surface area contributed by atoms with E-state index in [0.717, 1.165) is 35.4 Å². The number of hydrogen-bond acceptors (Lipinski definition) is 6. The monoisotopic (exact) mass is 342 g/mol. The lowest BCUT2D eigenvalue weighted by molar-refractivity contribution is -0.131. The lowest BCUT2D eigenvalue weighted by Crippen LogP contribution is -2.49. The highest BCUT2D eigenvalue weighted by Gasteiger charge is 2.24. The Morgan fingerprint density at radius 1 is 1.17 bits per heavy atom. The number of carbonyl (C=O) groups excluding carboxylic acids is 1. The Labute approximate surface area is 144 Å². The van der Waals surface area contributed by atoms with Gasteiger partial charge in [0.2, 0.25) is 5.91 Å². The molecule has 2 aromatic heterocycles. The third-order valence-electron chi connectivity index (χ3n) is 4.40. The van der Waals surface area contributed by atoms with Crippen LogP contribution in [0.2, 0.25) is 0 Å². The van der Waals surface area contributed by atoms with Gasteiger partial charge in [-0.3, -0.25) is 4.79 Å². The number of rotatable bonds is 3. The Morgan fingerprint density at radius 3 is 2.75 bits per heavy atom. The smallest absolute Gasteiger partial charge is 0.223 e. The van der Waals surface area contributed by atoms with Crippen LogP contribution >= 0.6 is 12.6 Å². The Bertz CT molecular complexity index is 887. The minimum absolute atomic E-state index is 0.168. The molecule has 24 heavy (non-hydrogen) atoms. The van der Waals surface area contributed by atoms with E-state index < -0.39 is 0 Å². The quantitative estimate of drug-likeness (QED) is 0.740. The normalized spacial score (nSPS) is 15.4. The molecule has 0 saturated carbocycles. The lowest BCUT2D eigenvalue weighted by atomic mass is 10.2. The van der Waals surface area contributed by atoms with Crippen molar-refractivity contribution in [2.24, 2.45) is 0 Å². The fourth-order valence-corrected chi connectivity index (χ4v) is 3.35. The van der Waals surface area contributed by atoms with Crippen LogP contribution in [0.25, 0.3) is 22.1 Å². The van der Waals surface area contributed by atoms with Crippen LogP contribution in [0.1, 0.15) is 6.42 Å². The Morgan fingerprint density at radius 2 is 1.96 bits per heavy atom. The molecular formula is C17H18N4O2S. The van der Waals surface area contributed by atoms with Crippen molar-refractivity contribution in [2.45, 2.75) is 6.42 Å². The van der Waals surface area contributed by atoms with Gasteiger partial charge in [0.1, 0.15) is 17.4 Å². The van der Waals surface area contributed by atoms with Crippen molar-refractivity contribution in [3.63, 3.8) is 0 Å². The lowest BCUT2D eigenvalue weighted by Gasteiger charge is -2.35. The second-order valence-electron chi connectivity index (χ2n) is 5.81. The number of anilines is 1. The zero-order valence-electron chi connectivity index (χ0n) is 13.2. The molecule has 0 spiro atoms. The molecule has 6 nitrogen and oxygen atoms in total. The van der Waals surface area contributed by atoms with Gasteiger partial charge in [0, 0.05) is 38.0 Å². The third-order valence-corrected chi connectivity index (χ3v) is 4.62. The number of thiol groups is 1. The highest BCUT2D eigenvalue weighted by molar-refractivity contribution is 7.80. The Hall–Kier alpha value is -2.28. The number of furan rings is 1. The van der Waals surface area contributed by atoms with E-state index in [2.05, 4.69) is 27.5 Å². The molecule has 4 rings (SSSR count). The van der Waals surface area contributed by atoms with Gasteiger partial charge in [-0.25, -0.2) is 9.97 Å². The topological polar surface area (TPSA) is 62.5 Å². The molecule has 0 unspecified atom stereocenters. The number of nitrogens with zero attached hydrogens (tertiary/aromatic N) is 4. The Kier molecular flexibility index (Phi) is 4.02. The summed E-state index contributed by atoms with van der Waals surface area (Å²) < 4.78 is 5.99. The summed E-state index contributed by atoms with van der Waals surface area (Å²) in [5.74, 6) is 1.56. The summed E-state index contributed by atoms with van der Waals surface area (Å²) in [6, 6.07) is 7.87.